The minimum Gasteiger partial charge on any atom is -0.438 e. The number of benzene rings is 1. The second-order valence-electron chi connectivity index (χ2n) is 4.23. The molecular weight excluding hydrogens is 254 g/mol. The van der Waals surface area contributed by atoms with Gasteiger partial charge in [-0.3, -0.25) is 10.2 Å². The van der Waals surface area contributed by atoms with Gasteiger partial charge in [0.25, 0.3) is 5.91 Å². The van der Waals surface area contributed by atoms with Crippen LogP contribution in [0.5, 0.6) is 11.6 Å². The predicted octanol–water partition coefficient (Wildman–Crippen LogP) is 2.30. The molecule has 102 valence electrons. The van der Waals surface area contributed by atoms with Crippen LogP contribution >= 0.6 is 0 Å². The van der Waals surface area contributed by atoms with E-state index in [1.807, 2.05) is 25.1 Å². The molecule has 0 radical (unpaired) electrons. The van der Waals surface area contributed by atoms with Gasteiger partial charge in [0, 0.05) is 13.2 Å². The summed E-state index contributed by atoms with van der Waals surface area (Å²) in [6, 6.07) is 10.8. The molecule has 0 fully saturated rings. The van der Waals surface area contributed by atoms with E-state index in [1.165, 1.54) is 7.05 Å². The lowest BCUT2D eigenvalue weighted by Gasteiger charge is -2.10. The Morgan fingerprint density at radius 3 is 2.80 bits per heavy atom. The highest BCUT2D eigenvalue weighted by Gasteiger charge is 2.16. The number of nitrogens with zero attached hydrogens (tertiary/aromatic N) is 1. The zero-order valence-corrected chi connectivity index (χ0v) is 11.3. The van der Waals surface area contributed by atoms with E-state index in [-0.39, 0.29) is 11.6 Å². The number of pyridine rings is 1. The van der Waals surface area contributed by atoms with Crippen LogP contribution in [0.25, 0.3) is 0 Å². The van der Waals surface area contributed by atoms with Crippen molar-refractivity contribution >= 4 is 11.6 Å². The van der Waals surface area contributed by atoms with Gasteiger partial charge in [0.15, 0.2) is 0 Å². The van der Waals surface area contributed by atoms with Crippen molar-refractivity contribution in [3.63, 3.8) is 0 Å². The molecule has 1 heterocycles. The molecule has 1 amide bonds. The minimum absolute atomic E-state index is 0.178. The number of likely N-dealkylation sites (N-methyl/N-ethyl adjacent to an activating group) is 1. The fraction of sp³-hybridized carbons (Fsp3) is 0.133. The van der Waals surface area contributed by atoms with E-state index in [1.54, 1.807) is 24.4 Å². The molecule has 0 aliphatic rings. The van der Waals surface area contributed by atoms with Gasteiger partial charge in [-0.15, -0.1) is 0 Å². The first kappa shape index (κ1) is 13.7. The van der Waals surface area contributed by atoms with E-state index in [2.05, 4.69) is 10.3 Å². The molecule has 0 spiro atoms. The van der Waals surface area contributed by atoms with Crippen LogP contribution in [0.3, 0.4) is 0 Å². The van der Waals surface area contributed by atoms with Crippen LogP contribution in [-0.4, -0.2) is 23.7 Å². The average Bonchev–Trinajstić information content (AvgIpc) is 2.46. The number of carbonyl (C=O) groups excluding carboxylic acids is 1. The fourth-order valence-electron chi connectivity index (χ4n) is 1.70. The van der Waals surface area contributed by atoms with Crippen LogP contribution in [0.1, 0.15) is 11.1 Å². The summed E-state index contributed by atoms with van der Waals surface area (Å²) in [4.78, 5) is 15.7. The van der Waals surface area contributed by atoms with E-state index in [0.717, 1.165) is 5.56 Å². The van der Waals surface area contributed by atoms with Crippen molar-refractivity contribution in [3.8, 4) is 11.6 Å². The minimum atomic E-state index is -0.480. The van der Waals surface area contributed by atoms with Crippen molar-refractivity contribution in [3.05, 3.63) is 53.7 Å². The molecule has 0 atom stereocenters. The monoisotopic (exact) mass is 269 g/mol. The number of hydrogen-bond acceptors (Lipinski definition) is 4. The van der Waals surface area contributed by atoms with Gasteiger partial charge in [0.05, 0.1) is 5.56 Å². The van der Waals surface area contributed by atoms with Gasteiger partial charge >= 0.3 is 0 Å². The summed E-state index contributed by atoms with van der Waals surface area (Å²) in [5.74, 6) is 0.383. The van der Waals surface area contributed by atoms with Gasteiger partial charge in [-0.25, -0.2) is 4.98 Å². The van der Waals surface area contributed by atoms with Gasteiger partial charge in [-0.05, 0) is 36.8 Å². The lowest BCUT2D eigenvalue weighted by Crippen LogP contribution is -2.27. The molecule has 1 aromatic carbocycles. The summed E-state index contributed by atoms with van der Waals surface area (Å²) in [6.45, 7) is 1.96. The summed E-state index contributed by atoms with van der Waals surface area (Å²) in [5, 5.41) is 10.3. The first-order valence-corrected chi connectivity index (χ1v) is 6.12. The molecule has 0 bridgehead atoms. The highest BCUT2D eigenvalue weighted by Crippen LogP contribution is 2.23. The van der Waals surface area contributed by atoms with Crippen molar-refractivity contribution in [1.82, 2.24) is 10.3 Å². The average molecular weight is 269 g/mol. The standard InChI is InChI=1S/C15H15N3O2/c1-10-5-3-6-11(9-10)20-15-12(7-4-8-18-15)13(16)14(19)17-2/h3-9,16H,1-2H3,(H,17,19). The Morgan fingerprint density at radius 2 is 2.10 bits per heavy atom. The predicted molar refractivity (Wildman–Crippen MR) is 76.4 cm³/mol. The van der Waals surface area contributed by atoms with E-state index in [0.29, 0.717) is 11.3 Å². The first-order valence-electron chi connectivity index (χ1n) is 6.12. The first-order chi connectivity index (χ1) is 9.61. The highest BCUT2D eigenvalue weighted by molar-refractivity contribution is 6.44. The number of aryl methyl sites for hydroxylation is 1. The number of ether oxygens (including phenoxy) is 1. The Bertz CT molecular complexity index is 653. The van der Waals surface area contributed by atoms with Gasteiger partial charge in [-0.2, -0.15) is 0 Å². The Labute approximate surface area is 117 Å². The van der Waals surface area contributed by atoms with Crippen LogP contribution in [-0.2, 0) is 4.79 Å². The topological polar surface area (TPSA) is 75.1 Å². The van der Waals surface area contributed by atoms with Gasteiger partial charge in [-0.1, -0.05) is 12.1 Å². The number of aromatic nitrogens is 1. The number of hydrogen-bond donors (Lipinski definition) is 2. The Morgan fingerprint density at radius 1 is 1.30 bits per heavy atom. The third-order valence-corrected chi connectivity index (χ3v) is 2.70. The maximum absolute atomic E-state index is 11.6. The van der Waals surface area contributed by atoms with Crippen molar-refractivity contribution in [2.24, 2.45) is 0 Å². The van der Waals surface area contributed by atoms with Crippen LogP contribution in [0.2, 0.25) is 0 Å². The molecule has 0 aliphatic carbocycles. The summed E-state index contributed by atoms with van der Waals surface area (Å²) in [6.07, 6.45) is 1.56. The molecule has 20 heavy (non-hydrogen) atoms. The van der Waals surface area contributed by atoms with Crippen LogP contribution in [0, 0.1) is 12.3 Å². The van der Waals surface area contributed by atoms with Gasteiger partial charge in [0.2, 0.25) is 5.88 Å². The zero-order chi connectivity index (χ0) is 14.5. The van der Waals surface area contributed by atoms with Crippen LogP contribution in [0.4, 0.5) is 0 Å². The highest BCUT2D eigenvalue weighted by atomic mass is 16.5. The normalized spacial score (nSPS) is 9.90. The number of amides is 1. The summed E-state index contributed by atoms with van der Waals surface area (Å²) >= 11 is 0. The number of nitrogens with one attached hydrogen (secondary N) is 2. The van der Waals surface area contributed by atoms with Crippen molar-refractivity contribution < 1.29 is 9.53 Å². The molecule has 2 N–H and O–H groups in total. The van der Waals surface area contributed by atoms with Crippen molar-refractivity contribution in [2.45, 2.75) is 6.92 Å². The van der Waals surface area contributed by atoms with E-state index >= 15 is 0 Å². The van der Waals surface area contributed by atoms with Gasteiger partial charge < -0.3 is 10.1 Å². The lowest BCUT2D eigenvalue weighted by molar-refractivity contribution is -0.114. The Hall–Kier alpha value is -2.69. The quantitative estimate of drug-likeness (QED) is 0.836. The van der Waals surface area contributed by atoms with Crippen LogP contribution in [0.15, 0.2) is 42.6 Å². The molecule has 0 saturated carbocycles. The SMILES string of the molecule is CNC(=O)C(=N)c1cccnc1Oc1cccc(C)c1. The summed E-state index contributed by atoms with van der Waals surface area (Å²) < 4.78 is 5.67. The molecule has 0 saturated heterocycles. The molecule has 1 aromatic heterocycles. The van der Waals surface area contributed by atoms with E-state index in [4.69, 9.17) is 10.1 Å². The van der Waals surface area contributed by atoms with Crippen LogP contribution < -0.4 is 10.1 Å². The van der Waals surface area contributed by atoms with Gasteiger partial charge in [0.1, 0.15) is 11.5 Å². The maximum Gasteiger partial charge on any atom is 0.269 e. The molecule has 0 unspecified atom stereocenters. The molecule has 0 aliphatic heterocycles. The Kier molecular flexibility index (Phi) is 4.10. The maximum atomic E-state index is 11.6. The van der Waals surface area contributed by atoms with Crippen molar-refractivity contribution in [1.29, 1.82) is 5.41 Å². The van der Waals surface area contributed by atoms with Crippen molar-refractivity contribution in [2.75, 3.05) is 7.05 Å². The fourth-order valence-corrected chi connectivity index (χ4v) is 1.70. The van der Waals surface area contributed by atoms with E-state index < -0.39 is 5.91 Å². The summed E-state index contributed by atoms with van der Waals surface area (Å²) in [7, 11) is 1.48. The molecule has 2 aromatic rings. The number of rotatable bonds is 4. The summed E-state index contributed by atoms with van der Waals surface area (Å²) in [5.41, 5.74) is 1.23. The van der Waals surface area contributed by atoms with E-state index in [9.17, 15) is 4.79 Å². The third kappa shape index (κ3) is 3.00. The second kappa shape index (κ2) is 5.97. The molecule has 5 nitrogen and oxygen atoms in total. The molecule has 5 heteroatoms. The third-order valence-electron chi connectivity index (χ3n) is 2.70. The largest absolute Gasteiger partial charge is 0.438 e. The lowest BCUT2D eigenvalue weighted by atomic mass is 10.1. The second-order valence-corrected chi connectivity index (χ2v) is 4.23. The number of carbonyl (C=O) groups is 1. The molecular formula is C15H15N3O2. The zero-order valence-electron chi connectivity index (χ0n) is 11.3. The smallest absolute Gasteiger partial charge is 0.269 e. The molecule has 2 rings (SSSR count). The Balaban J connectivity index is 2.33.